The minimum absolute atomic E-state index is 0.365. The van der Waals surface area contributed by atoms with E-state index < -0.39 is 18.2 Å². The van der Waals surface area contributed by atoms with Crippen LogP contribution in [0, 0.1) is 0 Å². The number of rotatable bonds is 6. The van der Waals surface area contributed by atoms with E-state index in [1.165, 1.54) is 6.08 Å². The van der Waals surface area contributed by atoms with Gasteiger partial charge in [0.15, 0.2) is 11.6 Å². The molecule has 1 N–H and O–H groups in total. The molecular weight excluding hydrogens is 220 g/mol. The predicted molar refractivity (Wildman–Crippen MR) is 62.4 cm³/mol. The second kappa shape index (κ2) is 6.37. The fraction of sp³-hybridized carbons (Fsp3) is 0.154. The van der Waals surface area contributed by atoms with E-state index in [4.69, 9.17) is 5.11 Å². The van der Waals surface area contributed by atoms with Gasteiger partial charge in [-0.1, -0.05) is 36.4 Å². The molecule has 0 aliphatic heterocycles. The smallest absolute Gasteiger partial charge is 0.310 e. The van der Waals surface area contributed by atoms with Crippen LogP contribution in [-0.4, -0.2) is 22.6 Å². The molecule has 0 radical (unpaired) electrons. The lowest BCUT2D eigenvalue weighted by Crippen LogP contribution is -2.10. The first-order valence-electron chi connectivity index (χ1n) is 5.07. The molecule has 0 fully saturated rings. The third-order valence-corrected chi connectivity index (χ3v) is 1.98. The number of ketones is 2. The van der Waals surface area contributed by atoms with Crippen molar-refractivity contribution >= 4 is 23.6 Å². The molecule has 1 aromatic rings. The molecule has 0 saturated heterocycles. The van der Waals surface area contributed by atoms with Gasteiger partial charge in [-0.3, -0.25) is 14.4 Å². The molecule has 0 aliphatic rings. The summed E-state index contributed by atoms with van der Waals surface area (Å²) < 4.78 is 0. The van der Waals surface area contributed by atoms with E-state index in [0.29, 0.717) is 0 Å². The first kappa shape index (κ1) is 12.8. The van der Waals surface area contributed by atoms with Crippen LogP contribution in [0.25, 0.3) is 6.08 Å². The topological polar surface area (TPSA) is 71.4 Å². The molecule has 0 unspecified atom stereocenters. The Morgan fingerprint density at radius 1 is 1.06 bits per heavy atom. The lowest BCUT2D eigenvalue weighted by molar-refractivity contribution is -0.140. The summed E-state index contributed by atoms with van der Waals surface area (Å²) in [7, 11) is 0. The number of aliphatic carboxylic acids is 1. The van der Waals surface area contributed by atoms with Gasteiger partial charge in [0.05, 0.1) is 6.42 Å². The van der Waals surface area contributed by atoms with Gasteiger partial charge >= 0.3 is 5.97 Å². The summed E-state index contributed by atoms with van der Waals surface area (Å²) in [5.74, 6) is -2.19. The molecule has 17 heavy (non-hydrogen) atoms. The molecular formula is C13H12O4. The summed E-state index contributed by atoms with van der Waals surface area (Å²) in [6, 6.07) is 9.17. The second-order valence-corrected chi connectivity index (χ2v) is 3.50. The molecule has 0 bridgehead atoms. The number of allylic oxidation sites excluding steroid dienone is 1. The Morgan fingerprint density at radius 3 is 2.29 bits per heavy atom. The lowest BCUT2D eigenvalue weighted by Gasteiger charge is -1.94. The molecule has 0 saturated carbocycles. The lowest BCUT2D eigenvalue weighted by atomic mass is 10.1. The van der Waals surface area contributed by atoms with E-state index >= 15 is 0 Å². The van der Waals surface area contributed by atoms with Crippen LogP contribution in [0.15, 0.2) is 36.4 Å². The molecule has 0 spiro atoms. The SMILES string of the molecule is O=C(O)CC(=O)CC(=O)C=Cc1ccccc1. The van der Waals surface area contributed by atoms with Crippen molar-refractivity contribution in [2.24, 2.45) is 0 Å². The van der Waals surface area contributed by atoms with Gasteiger partial charge in [-0.25, -0.2) is 0 Å². The summed E-state index contributed by atoms with van der Waals surface area (Å²) in [6.07, 6.45) is 1.91. The van der Waals surface area contributed by atoms with Gasteiger partial charge in [0.1, 0.15) is 6.42 Å². The van der Waals surface area contributed by atoms with E-state index in [0.717, 1.165) is 5.56 Å². The summed E-state index contributed by atoms with van der Waals surface area (Å²) in [4.78, 5) is 32.6. The predicted octanol–water partition coefficient (Wildman–Crippen LogP) is 1.70. The number of hydrogen-bond acceptors (Lipinski definition) is 3. The van der Waals surface area contributed by atoms with Crippen LogP contribution >= 0.6 is 0 Å². The zero-order valence-corrected chi connectivity index (χ0v) is 9.13. The average molecular weight is 232 g/mol. The van der Waals surface area contributed by atoms with Crippen molar-refractivity contribution in [1.29, 1.82) is 0 Å². The Balaban J connectivity index is 2.47. The summed E-state index contributed by atoms with van der Waals surface area (Å²) in [6.45, 7) is 0. The monoisotopic (exact) mass is 232 g/mol. The third-order valence-electron chi connectivity index (χ3n) is 1.98. The highest BCUT2D eigenvalue weighted by atomic mass is 16.4. The molecule has 0 aromatic heterocycles. The fourth-order valence-corrected chi connectivity index (χ4v) is 1.24. The van der Waals surface area contributed by atoms with Crippen molar-refractivity contribution in [2.75, 3.05) is 0 Å². The van der Waals surface area contributed by atoms with Crippen LogP contribution in [-0.2, 0) is 14.4 Å². The Bertz CT molecular complexity index is 446. The first-order chi connectivity index (χ1) is 8.08. The highest BCUT2D eigenvalue weighted by molar-refractivity contribution is 6.09. The zero-order valence-electron chi connectivity index (χ0n) is 9.13. The van der Waals surface area contributed by atoms with Gasteiger partial charge in [0.2, 0.25) is 0 Å². The molecule has 0 amide bonds. The second-order valence-electron chi connectivity index (χ2n) is 3.50. The van der Waals surface area contributed by atoms with Crippen LogP contribution in [0.5, 0.6) is 0 Å². The minimum Gasteiger partial charge on any atom is -0.481 e. The number of hydrogen-bond donors (Lipinski definition) is 1. The number of carboxylic acid groups (broad SMARTS) is 1. The van der Waals surface area contributed by atoms with Gasteiger partial charge in [-0.2, -0.15) is 0 Å². The van der Waals surface area contributed by atoms with E-state index in [1.807, 2.05) is 30.3 Å². The van der Waals surface area contributed by atoms with Gasteiger partial charge in [0, 0.05) is 0 Å². The fourth-order valence-electron chi connectivity index (χ4n) is 1.24. The van der Waals surface area contributed by atoms with Crippen LogP contribution < -0.4 is 0 Å². The van der Waals surface area contributed by atoms with Crippen molar-refractivity contribution < 1.29 is 19.5 Å². The molecule has 1 rings (SSSR count). The maximum absolute atomic E-state index is 11.3. The summed E-state index contributed by atoms with van der Waals surface area (Å²) in [5, 5.41) is 8.35. The zero-order chi connectivity index (χ0) is 12.7. The first-order valence-corrected chi connectivity index (χ1v) is 5.07. The highest BCUT2D eigenvalue weighted by Crippen LogP contribution is 2.02. The maximum Gasteiger partial charge on any atom is 0.310 e. The normalized spacial score (nSPS) is 10.4. The molecule has 0 heterocycles. The molecule has 0 atom stereocenters. The highest BCUT2D eigenvalue weighted by Gasteiger charge is 2.10. The van der Waals surface area contributed by atoms with E-state index in [1.54, 1.807) is 6.08 Å². The molecule has 0 aliphatic carbocycles. The minimum atomic E-state index is -1.21. The standard InChI is InChI=1S/C13H12O4/c14-11(8-12(15)9-13(16)17)7-6-10-4-2-1-3-5-10/h1-7H,8-9H2,(H,16,17). The van der Waals surface area contributed by atoms with Crippen LogP contribution in [0.4, 0.5) is 0 Å². The number of carbonyl (C=O) groups is 3. The van der Waals surface area contributed by atoms with E-state index in [-0.39, 0.29) is 12.2 Å². The van der Waals surface area contributed by atoms with Crippen molar-refractivity contribution in [1.82, 2.24) is 0 Å². The summed E-state index contributed by atoms with van der Waals surface area (Å²) >= 11 is 0. The summed E-state index contributed by atoms with van der Waals surface area (Å²) in [5.41, 5.74) is 0.853. The Morgan fingerprint density at radius 2 is 1.71 bits per heavy atom. The van der Waals surface area contributed by atoms with Crippen LogP contribution in [0.2, 0.25) is 0 Å². The van der Waals surface area contributed by atoms with Gasteiger partial charge < -0.3 is 5.11 Å². The largest absolute Gasteiger partial charge is 0.481 e. The molecule has 4 nitrogen and oxygen atoms in total. The number of benzene rings is 1. The van der Waals surface area contributed by atoms with Crippen LogP contribution in [0.3, 0.4) is 0 Å². The quantitative estimate of drug-likeness (QED) is 0.598. The molecule has 1 aromatic carbocycles. The van der Waals surface area contributed by atoms with Crippen molar-refractivity contribution in [3.63, 3.8) is 0 Å². The van der Waals surface area contributed by atoms with Gasteiger partial charge in [-0.05, 0) is 11.6 Å². The van der Waals surface area contributed by atoms with Crippen LogP contribution in [0.1, 0.15) is 18.4 Å². The van der Waals surface area contributed by atoms with Crippen molar-refractivity contribution in [3.8, 4) is 0 Å². The van der Waals surface area contributed by atoms with Gasteiger partial charge in [-0.15, -0.1) is 0 Å². The molecule has 88 valence electrons. The van der Waals surface area contributed by atoms with Crippen molar-refractivity contribution in [2.45, 2.75) is 12.8 Å². The Kier molecular flexibility index (Phi) is 4.81. The number of carboxylic acids is 1. The number of carbonyl (C=O) groups excluding carboxylic acids is 2. The van der Waals surface area contributed by atoms with Crippen molar-refractivity contribution in [3.05, 3.63) is 42.0 Å². The molecule has 4 heteroatoms. The number of Topliss-reactive ketones (excluding diaryl/α,β-unsaturated/α-hetero) is 1. The maximum atomic E-state index is 11.3. The van der Waals surface area contributed by atoms with E-state index in [2.05, 4.69) is 0 Å². The van der Waals surface area contributed by atoms with E-state index in [9.17, 15) is 14.4 Å². The Labute approximate surface area is 98.6 Å². The Hall–Kier alpha value is -2.23. The average Bonchev–Trinajstić information content (AvgIpc) is 2.26. The third kappa shape index (κ3) is 5.41. The van der Waals surface area contributed by atoms with Gasteiger partial charge in [0.25, 0.3) is 0 Å².